The number of hydrogen-bond donors (Lipinski definition) is 2. The Morgan fingerprint density at radius 3 is 2.20 bits per heavy atom. The maximum atomic E-state index is 9.06. The molecule has 0 unspecified atom stereocenters. The summed E-state index contributed by atoms with van der Waals surface area (Å²) in [5.41, 5.74) is 2.98. The summed E-state index contributed by atoms with van der Waals surface area (Å²) in [6.07, 6.45) is 0. The number of rotatable bonds is 3. The molecule has 2 aromatic carbocycles. The standard InChI is InChI=1S/C15H12BNO3/c18-16(19)13-8-6-11(7-9-13)14-10-15(20-17-14)12-4-2-1-3-5-12/h1-10,18-19H. The lowest BCUT2D eigenvalue weighted by Gasteiger charge is -1.99. The molecule has 0 spiro atoms. The van der Waals surface area contributed by atoms with E-state index in [0.29, 0.717) is 16.9 Å². The van der Waals surface area contributed by atoms with Crippen molar-refractivity contribution in [3.8, 4) is 22.6 Å². The van der Waals surface area contributed by atoms with Crippen LogP contribution in [-0.2, 0) is 0 Å². The summed E-state index contributed by atoms with van der Waals surface area (Å²) in [4.78, 5) is 0. The molecule has 3 rings (SSSR count). The van der Waals surface area contributed by atoms with E-state index in [0.717, 1.165) is 11.1 Å². The predicted octanol–water partition coefficient (Wildman–Crippen LogP) is 1.69. The molecule has 0 bridgehead atoms. The first-order valence-corrected chi connectivity index (χ1v) is 6.22. The Morgan fingerprint density at radius 1 is 0.850 bits per heavy atom. The van der Waals surface area contributed by atoms with Crippen LogP contribution >= 0.6 is 0 Å². The molecule has 4 nitrogen and oxygen atoms in total. The minimum absolute atomic E-state index is 0.445. The molecule has 0 radical (unpaired) electrons. The molecule has 0 fully saturated rings. The summed E-state index contributed by atoms with van der Waals surface area (Å²) < 4.78 is 5.33. The molecule has 0 atom stereocenters. The van der Waals surface area contributed by atoms with E-state index >= 15 is 0 Å². The maximum absolute atomic E-state index is 9.06. The third-order valence-electron chi connectivity index (χ3n) is 3.07. The van der Waals surface area contributed by atoms with Crippen LogP contribution in [0.25, 0.3) is 22.6 Å². The summed E-state index contributed by atoms with van der Waals surface area (Å²) in [6.45, 7) is 0. The van der Waals surface area contributed by atoms with Crippen molar-refractivity contribution in [2.24, 2.45) is 0 Å². The highest BCUT2D eigenvalue weighted by atomic mass is 16.5. The second-order valence-corrected chi connectivity index (χ2v) is 4.44. The zero-order valence-corrected chi connectivity index (χ0v) is 10.6. The van der Waals surface area contributed by atoms with E-state index in [-0.39, 0.29) is 0 Å². The van der Waals surface area contributed by atoms with Gasteiger partial charge in [0, 0.05) is 17.2 Å². The van der Waals surface area contributed by atoms with E-state index in [1.807, 2.05) is 36.4 Å². The highest BCUT2D eigenvalue weighted by Gasteiger charge is 2.12. The van der Waals surface area contributed by atoms with Crippen LogP contribution in [0.5, 0.6) is 0 Å². The molecule has 2 N–H and O–H groups in total. The highest BCUT2D eigenvalue weighted by Crippen LogP contribution is 2.25. The molecule has 98 valence electrons. The molecule has 1 aromatic heterocycles. The first-order valence-electron chi connectivity index (χ1n) is 6.22. The van der Waals surface area contributed by atoms with Gasteiger partial charge in [0.15, 0.2) is 5.76 Å². The molecule has 0 saturated carbocycles. The zero-order chi connectivity index (χ0) is 13.9. The van der Waals surface area contributed by atoms with Crippen molar-refractivity contribution in [3.63, 3.8) is 0 Å². The second-order valence-electron chi connectivity index (χ2n) is 4.44. The van der Waals surface area contributed by atoms with E-state index in [2.05, 4.69) is 5.16 Å². The minimum atomic E-state index is -1.46. The van der Waals surface area contributed by atoms with Gasteiger partial charge in [0.1, 0.15) is 5.69 Å². The topological polar surface area (TPSA) is 66.5 Å². The van der Waals surface area contributed by atoms with Crippen molar-refractivity contribution in [2.75, 3.05) is 0 Å². The van der Waals surface area contributed by atoms with Gasteiger partial charge in [-0.05, 0) is 5.46 Å². The van der Waals surface area contributed by atoms with Crippen molar-refractivity contribution < 1.29 is 14.6 Å². The Balaban J connectivity index is 1.90. The third-order valence-corrected chi connectivity index (χ3v) is 3.07. The average molecular weight is 265 g/mol. The van der Waals surface area contributed by atoms with Crippen LogP contribution in [-0.4, -0.2) is 22.3 Å². The van der Waals surface area contributed by atoms with Crippen molar-refractivity contribution in [3.05, 3.63) is 60.7 Å². The van der Waals surface area contributed by atoms with Crippen molar-refractivity contribution in [2.45, 2.75) is 0 Å². The summed E-state index contributed by atoms with van der Waals surface area (Å²) in [7, 11) is -1.46. The van der Waals surface area contributed by atoms with Gasteiger partial charge in [0.2, 0.25) is 0 Å². The molecule has 20 heavy (non-hydrogen) atoms. The van der Waals surface area contributed by atoms with Gasteiger partial charge in [-0.25, -0.2) is 0 Å². The molecule has 0 aliphatic carbocycles. The van der Waals surface area contributed by atoms with Crippen LogP contribution in [0.15, 0.2) is 65.2 Å². The normalized spacial score (nSPS) is 10.5. The molecule has 3 aromatic rings. The van der Waals surface area contributed by atoms with Gasteiger partial charge >= 0.3 is 7.12 Å². The Bertz CT molecular complexity index is 693. The Hall–Kier alpha value is -2.37. The quantitative estimate of drug-likeness (QED) is 0.707. The fraction of sp³-hybridized carbons (Fsp3) is 0. The fourth-order valence-electron chi connectivity index (χ4n) is 1.98. The highest BCUT2D eigenvalue weighted by molar-refractivity contribution is 6.58. The third kappa shape index (κ3) is 2.50. The number of aromatic nitrogens is 1. The molecular formula is C15H12BNO3. The predicted molar refractivity (Wildman–Crippen MR) is 77.2 cm³/mol. The smallest absolute Gasteiger partial charge is 0.423 e. The van der Waals surface area contributed by atoms with Gasteiger partial charge in [-0.1, -0.05) is 59.8 Å². The van der Waals surface area contributed by atoms with Crippen molar-refractivity contribution >= 4 is 12.6 Å². The molecule has 0 aliphatic rings. The lowest BCUT2D eigenvalue weighted by atomic mass is 9.80. The molecule has 0 aliphatic heterocycles. The molecule has 1 heterocycles. The van der Waals surface area contributed by atoms with Crippen LogP contribution in [0.1, 0.15) is 0 Å². The van der Waals surface area contributed by atoms with Gasteiger partial charge in [0.25, 0.3) is 0 Å². The van der Waals surface area contributed by atoms with Gasteiger partial charge in [-0.3, -0.25) is 0 Å². The average Bonchev–Trinajstić information content (AvgIpc) is 2.98. The Labute approximate surface area is 116 Å². The van der Waals surface area contributed by atoms with Crippen LogP contribution in [0.3, 0.4) is 0 Å². The number of benzene rings is 2. The fourth-order valence-corrected chi connectivity index (χ4v) is 1.98. The SMILES string of the molecule is OB(O)c1ccc(-c2cc(-c3ccccc3)on2)cc1. The van der Waals surface area contributed by atoms with Crippen LogP contribution < -0.4 is 5.46 Å². The van der Waals surface area contributed by atoms with E-state index in [9.17, 15) is 0 Å². The summed E-state index contributed by atoms with van der Waals surface area (Å²) in [6, 6.07) is 18.4. The Kier molecular flexibility index (Phi) is 3.37. The number of nitrogens with zero attached hydrogens (tertiary/aromatic N) is 1. The van der Waals surface area contributed by atoms with E-state index in [4.69, 9.17) is 14.6 Å². The first-order chi connectivity index (χ1) is 9.74. The summed E-state index contributed by atoms with van der Waals surface area (Å²) in [5, 5.41) is 22.2. The van der Waals surface area contributed by atoms with E-state index in [1.54, 1.807) is 24.3 Å². The lowest BCUT2D eigenvalue weighted by molar-refractivity contribution is 0.426. The molecule has 0 saturated heterocycles. The largest absolute Gasteiger partial charge is 0.488 e. The zero-order valence-electron chi connectivity index (χ0n) is 10.6. The van der Waals surface area contributed by atoms with E-state index < -0.39 is 7.12 Å². The van der Waals surface area contributed by atoms with Gasteiger partial charge in [0.05, 0.1) is 0 Å². The monoisotopic (exact) mass is 265 g/mol. The van der Waals surface area contributed by atoms with Crippen molar-refractivity contribution in [1.82, 2.24) is 5.16 Å². The Morgan fingerprint density at radius 2 is 1.55 bits per heavy atom. The van der Waals surface area contributed by atoms with Gasteiger partial charge in [-0.15, -0.1) is 0 Å². The summed E-state index contributed by atoms with van der Waals surface area (Å²) >= 11 is 0. The lowest BCUT2D eigenvalue weighted by Crippen LogP contribution is -2.29. The van der Waals surface area contributed by atoms with Gasteiger partial charge < -0.3 is 14.6 Å². The van der Waals surface area contributed by atoms with Crippen LogP contribution in [0, 0.1) is 0 Å². The number of hydrogen-bond acceptors (Lipinski definition) is 4. The summed E-state index contributed by atoms with van der Waals surface area (Å²) in [5.74, 6) is 0.701. The molecule has 0 amide bonds. The second kappa shape index (κ2) is 5.32. The van der Waals surface area contributed by atoms with Gasteiger partial charge in [-0.2, -0.15) is 0 Å². The van der Waals surface area contributed by atoms with Crippen molar-refractivity contribution in [1.29, 1.82) is 0 Å². The minimum Gasteiger partial charge on any atom is -0.423 e. The van der Waals surface area contributed by atoms with Crippen LogP contribution in [0.2, 0.25) is 0 Å². The van der Waals surface area contributed by atoms with E-state index in [1.165, 1.54) is 0 Å². The maximum Gasteiger partial charge on any atom is 0.488 e. The molecular weight excluding hydrogens is 253 g/mol. The van der Waals surface area contributed by atoms with Crippen LogP contribution in [0.4, 0.5) is 0 Å². The molecule has 5 heteroatoms. The first kappa shape index (κ1) is 12.7.